The normalized spacial score (nSPS) is 23.0. The first kappa shape index (κ1) is 12.6. The van der Waals surface area contributed by atoms with Gasteiger partial charge in [0.2, 0.25) is 0 Å². The van der Waals surface area contributed by atoms with E-state index in [0.29, 0.717) is 18.6 Å². The topological polar surface area (TPSA) is 45.1 Å². The van der Waals surface area contributed by atoms with Gasteiger partial charge in [-0.2, -0.15) is 0 Å². The zero-order valence-corrected chi connectivity index (χ0v) is 11.0. The summed E-state index contributed by atoms with van der Waals surface area (Å²) in [5.74, 6) is 0.427. The Kier molecular flexibility index (Phi) is 3.76. The molecule has 3 nitrogen and oxygen atoms in total. The van der Waals surface area contributed by atoms with Gasteiger partial charge >= 0.3 is 0 Å². The van der Waals surface area contributed by atoms with Crippen LogP contribution < -0.4 is 5.32 Å². The molecule has 1 heterocycles. The van der Waals surface area contributed by atoms with E-state index in [1.54, 1.807) is 0 Å². The van der Waals surface area contributed by atoms with Crippen molar-refractivity contribution in [3.8, 4) is 0 Å². The number of pyridine rings is 1. The summed E-state index contributed by atoms with van der Waals surface area (Å²) in [6.45, 7) is 1.17. The Bertz CT molecular complexity index is 550. The SMILES string of the molecule is OCC1CCCC1NCc1cccc2cnccc12. The van der Waals surface area contributed by atoms with Crippen molar-refractivity contribution in [2.24, 2.45) is 5.92 Å². The Labute approximate surface area is 113 Å². The summed E-state index contributed by atoms with van der Waals surface area (Å²) in [6, 6.07) is 8.88. The highest BCUT2D eigenvalue weighted by Crippen LogP contribution is 2.26. The van der Waals surface area contributed by atoms with Gasteiger partial charge in [0, 0.05) is 37.0 Å². The molecule has 1 aliphatic rings. The van der Waals surface area contributed by atoms with Crippen LogP contribution >= 0.6 is 0 Å². The van der Waals surface area contributed by atoms with Crippen LogP contribution in [0.25, 0.3) is 10.8 Å². The standard InChI is InChI=1S/C16H20N2O/c19-11-14-5-2-6-16(14)18-10-13-4-1-3-12-9-17-8-7-15(12)13/h1,3-4,7-9,14,16,18-19H,2,5-6,10-11H2. The summed E-state index contributed by atoms with van der Waals surface area (Å²) in [6.07, 6.45) is 7.30. The molecular formula is C16H20N2O. The van der Waals surface area contributed by atoms with Crippen molar-refractivity contribution < 1.29 is 5.11 Å². The third kappa shape index (κ3) is 2.62. The molecule has 0 amide bonds. The average molecular weight is 256 g/mol. The van der Waals surface area contributed by atoms with E-state index in [2.05, 4.69) is 34.6 Å². The summed E-state index contributed by atoms with van der Waals surface area (Å²) in [5, 5.41) is 15.4. The van der Waals surface area contributed by atoms with E-state index in [1.807, 2.05) is 12.4 Å². The van der Waals surface area contributed by atoms with Crippen molar-refractivity contribution in [3.63, 3.8) is 0 Å². The molecule has 0 bridgehead atoms. The Morgan fingerprint density at radius 2 is 2.21 bits per heavy atom. The number of aromatic nitrogens is 1. The fraction of sp³-hybridized carbons (Fsp3) is 0.438. The molecule has 2 atom stereocenters. The summed E-state index contributed by atoms with van der Waals surface area (Å²) in [5.41, 5.74) is 1.31. The van der Waals surface area contributed by atoms with Gasteiger partial charge in [-0.25, -0.2) is 0 Å². The van der Waals surface area contributed by atoms with Gasteiger partial charge in [-0.1, -0.05) is 24.6 Å². The molecule has 1 aliphatic carbocycles. The van der Waals surface area contributed by atoms with Gasteiger partial charge in [0.25, 0.3) is 0 Å². The van der Waals surface area contributed by atoms with Gasteiger partial charge in [-0.3, -0.25) is 4.98 Å². The van der Waals surface area contributed by atoms with Gasteiger partial charge < -0.3 is 10.4 Å². The van der Waals surface area contributed by atoms with E-state index >= 15 is 0 Å². The lowest BCUT2D eigenvalue weighted by Crippen LogP contribution is -2.33. The van der Waals surface area contributed by atoms with Gasteiger partial charge in [0.1, 0.15) is 0 Å². The number of fused-ring (bicyclic) bond motifs is 1. The maximum Gasteiger partial charge on any atom is 0.0474 e. The van der Waals surface area contributed by atoms with Gasteiger partial charge in [0.15, 0.2) is 0 Å². The molecule has 2 aromatic rings. The van der Waals surface area contributed by atoms with Crippen LogP contribution in [-0.4, -0.2) is 22.7 Å². The predicted octanol–water partition coefficient (Wildman–Crippen LogP) is 2.49. The predicted molar refractivity (Wildman–Crippen MR) is 76.8 cm³/mol. The molecule has 0 aliphatic heterocycles. The molecule has 1 saturated carbocycles. The molecule has 3 rings (SSSR count). The lowest BCUT2D eigenvalue weighted by atomic mass is 10.0. The minimum atomic E-state index is 0.303. The van der Waals surface area contributed by atoms with Crippen LogP contribution in [-0.2, 0) is 6.54 Å². The van der Waals surface area contributed by atoms with E-state index in [0.717, 1.165) is 13.0 Å². The number of aliphatic hydroxyl groups is 1. The zero-order valence-electron chi connectivity index (χ0n) is 11.0. The van der Waals surface area contributed by atoms with E-state index in [9.17, 15) is 5.11 Å². The number of aliphatic hydroxyl groups excluding tert-OH is 1. The molecule has 100 valence electrons. The van der Waals surface area contributed by atoms with Gasteiger partial charge in [-0.05, 0) is 35.8 Å². The molecule has 2 unspecified atom stereocenters. The van der Waals surface area contributed by atoms with Gasteiger partial charge in [-0.15, -0.1) is 0 Å². The minimum absolute atomic E-state index is 0.303. The fourth-order valence-corrected chi connectivity index (χ4v) is 3.11. The molecule has 0 saturated heterocycles. The maximum absolute atomic E-state index is 9.36. The molecule has 2 N–H and O–H groups in total. The van der Waals surface area contributed by atoms with Crippen LogP contribution in [0.2, 0.25) is 0 Å². The second-order valence-corrected chi connectivity index (χ2v) is 5.37. The Morgan fingerprint density at radius 1 is 1.26 bits per heavy atom. The summed E-state index contributed by atoms with van der Waals surface area (Å²) in [7, 11) is 0. The van der Waals surface area contributed by atoms with Gasteiger partial charge in [0.05, 0.1) is 0 Å². The van der Waals surface area contributed by atoms with E-state index in [4.69, 9.17) is 0 Å². The van der Waals surface area contributed by atoms with E-state index < -0.39 is 0 Å². The highest BCUT2D eigenvalue weighted by Gasteiger charge is 2.25. The highest BCUT2D eigenvalue weighted by atomic mass is 16.3. The Balaban J connectivity index is 1.75. The molecule has 1 aromatic carbocycles. The first-order chi connectivity index (χ1) is 9.38. The fourth-order valence-electron chi connectivity index (χ4n) is 3.11. The number of nitrogens with one attached hydrogen (secondary N) is 1. The Hall–Kier alpha value is -1.45. The smallest absolute Gasteiger partial charge is 0.0474 e. The quantitative estimate of drug-likeness (QED) is 0.883. The number of hydrogen-bond donors (Lipinski definition) is 2. The van der Waals surface area contributed by atoms with Crippen LogP contribution in [0, 0.1) is 5.92 Å². The summed E-state index contributed by atoms with van der Waals surface area (Å²) in [4.78, 5) is 4.16. The van der Waals surface area contributed by atoms with Crippen LogP contribution in [0.3, 0.4) is 0 Å². The largest absolute Gasteiger partial charge is 0.396 e. The van der Waals surface area contributed by atoms with E-state index in [1.165, 1.54) is 29.2 Å². The van der Waals surface area contributed by atoms with Crippen LogP contribution in [0.5, 0.6) is 0 Å². The van der Waals surface area contributed by atoms with Crippen molar-refractivity contribution in [2.75, 3.05) is 6.61 Å². The Morgan fingerprint density at radius 3 is 3.11 bits per heavy atom. The first-order valence-corrected chi connectivity index (χ1v) is 7.04. The second-order valence-electron chi connectivity index (χ2n) is 5.37. The van der Waals surface area contributed by atoms with Crippen molar-refractivity contribution in [1.82, 2.24) is 10.3 Å². The van der Waals surface area contributed by atoms with Crippen LogP contribution in [0.4, 0.5) is 0 Å². The molecule has 0 radical (unpaired) electrons. The number of nitrogens with zero attached hydrogens (tertiary/aromatic N) is 1. The third-order valence-corrected chi connectivity index (χ3v) is 4.22. The monoisotopic (exact) mass is 256 g/mol. The number of rotatable bonds is 4. The molecule has 0 spiro atoms. The van der Waals surface area contributed by atoms with Crippen molar-refractivity contribution in [3.05, 3.63) is 42.2 Å². The highest BCUT2D eigenvalue weighted by molar-refractivity contribution is 5.84. The first-order valence-electron chi connectivity index (χ1n) is 7.04. The van der Waals surface area contributed by atoms with Crippen molar-refractivity contribution >= 4 is 10.8 Å². The summed E-state index contributed by atoms with van der Waals surface area (Å²) < 4.78 is 0. The third-order valence-electron chi connectivity index (χ3n) is 4.22. The lowest BCUT2D eigenvalue weighted by Gasteiger charge is -2.19. The molecule has 19 heavy (non-hydrogen) atoms. The van der Waals surface area contributed by atoms with E-state index in [-0.39, 0.29) is 0 Å². The van der Waals surface area contributed by atoms with Crippen molar-refractivity contribution in [1.29, 1.82) is 0 Å². The second kappa shape index (κ2) is 5.68. The minimum Gasteiger partial charge on any atom is -0.396 e. The molecule has 1 aromatic heterocycles. The molecule has 3 heteroatoms. The number of hydrogen-bond acceptors (Lipinski definition) is 3. The maximum atomic E-state index is 9.36. The zero-order chi connectivity index (χ0) is 13.1. The number of benzene rings is 1. The lowest BCUT2D eigenvalue weighted by molar-refractivity contribution is 0.205. The van der Waals surface area contributed by atoms with Crippen molar-refractivity contribution in [2.45, 2.75) is 31.8 Å². The van der Waals surface area contributed by atoms with Crippen LogP contribution in [0.15, 0.2) is 36.7 Å². The van der Waals surface area contributed by atoms with Crippen LogP contribution in [0.1, 0.15) is 24.8 Å². The molecular weight excluding hydrogens is 236 g/mol. The average Bonchev–Trinajstić information content (AvgIpc) is 2.92. The summed E-state index contributed by atoms with van der Waals surface area (Å²) >= 11 is 0. The molecule has 1 fully saturated rings.